The Hall–Kier alpha value is -3.75. The van der Waals surface area contributed by atoms with Gasteiger partial charge in [0.25, 0.3) is 0 Å². The fraction of sp³-hybridized carbons (Fsp3) is 0.318. The minimum Gasteiger partial charge on any atom is -0.445 e. The maximum atomic E-state index is 12.1. The van der Waals surface area contributed by atoms with Crippen LogP contribution in [0.25, 0.3) is 11.4 Å². The lowest BCUT2D eigenvalue weighted by molar-refractivity contribution is -0.116. The summed E-state index contributed by atoms with van der Waals surface area (Å²) >= 11 is 0. The molecule has 0 radical (unpaired) electrons. The third kappa shape index (κ3) is 5.88. The van der Waals surface area contributed by atoms with Crippen molar-refractivity contribution in [1.29, 1.82) is 0 Å². The van der Waals surface area contributed by atoms with Gasteiger partial charge in [0.1, 0.15) is 6.61 Å². The Morgan fingerprint density at radius 2 is 1.84 bits per heavy atom. The van der Waals surface area contributed by atoms with Crippen molar-refractivity contribution < 1.29 is 14.3 Å². The number of carbonyl (C=O) groups is 2. The molecular formula is C22H24N6O3. The van der Waals surface area contributed by atoms with Crippen LogP contribution < -0.4 is 10.6 Å². The van der Waals surface area contributed by atoms with Gasteiger partial charge in [-0.2, -0.15) is 0 Å². The number of hydrogen-bond acceptors (Lipinski definition) is 6. The molecule has 2 N–H and O–H groups in total. The number of ether oxygens (including phenoxy) is 1. The van der Waals surface area contributed by atoms with Gasteiger partial charge >= 0.3 is 6.09 Å². The molecule has 1 aromatic heterocycles. The molecule has 1 aliphatic rings. The van der Waals surface area contributed by atoms with E-state index in [9.17, 15) is 9.59 Å². The summed E-state index contributed by atoms with van der Waals surface area (Å²) in [5.41, 5.74) is 2.54. The summed E-state index contributed by atoms with van der Waals surface area (Å²) in [6.07, 6.45) is 2.52. The second-order valence-electron chi connectivity index (χ2n) is 7.40. The average Bonchev–Trinajstić information content (AvgIpc) is 3.53. The van der Waals surface area contributed by atoms with E-state index in [0.717, 1.165) is 29.8 Å². The molecule has 0 aliphatic heterocycles. The topological polar surface area (TPSA) is 111 Å². The monoisotopic (exact) mass is 420 g/mol. The van der Waals surface area contributed by atoms with E-state index in [0.29, 0.717) is 31.1 Å². The first-order chi connectivity index (χ1) is 15.2. The quantitative estimate of drug-likeness (QED) is 0.514. The summed E-state index contributed by atoms with van der Waals surface area (Å²) in [6.45, 7) is 0.583. The average molecular weight is 420 g/mol. The number of amides is 2. The van der Waals surface area contributed by atoms with Crippen molar-refractivity contribution in [3.8, 4) is 11.4 Å². The first-order valence-electron chi connectivity index (χ1n) is 10.3. The van der Waals surface area contributed by atoms with Crippen LogP contribution in [0.15, 0.2) is 54.6 Å². The molecule has 2 amide bonds. The minimum atomic E-state index is -0.492. The Morgan fingerprint density at radius 1 is 1.06 bits per heavy atom. The SMILES string of the molecule is O=C(CCCNC(=O)OCc1ccccc1)Nc1ccc(-c2nnnn2C2CC2)cc1. The Balaban J connectivity index is 1.15. The first-order valence-corrected chi connectivity index (χ1v) is 10.3. The van der Waals surface area contributed by atoms with Crippen LogP contribution in [0.2, 0.25) is 0 Å². The summed E-state index contributed by atoms with van der Waals surface area (Å²) in [5, 5.41) is 17.4. The smallest absolute Gasteiger partial charge is 0.407 e. The van der Waals surface area contributed by atoms with Gasteiger partial charge in [-0.25, -0.2) is 9.48 Å². The van der Waals surface area contributed by atoms with Gasteiger partial charge in [-0.05, 0) is 59.5 Å². The lowest BCUT2D eigenvalue weighted by Gasteiger charge is -2.08. The lowest BCUT2D eigenvalue weighted by atomic mass is 10.2. The number of nitrogens with one attached hydrogen (secondary N) is 2. The highest BCUT2D eigenvalue weighted by molar-refractivity contribution is 5.90. The molecule has 1 aliphatic carbocycles. The van der Waals surface area contributed by atoms with Crippen molar-refractivity contribution in [1.82, 2.24) is 25.5 Å². The van der Waals surface area contributed by atoms with Crippen molar-refractivity contribution >= 4 is 17.7 Å². The molecule has 31 heavy (non-hydrogen) atoms. The molecule has 1 saturated carbocycles. The van der Waals surface area contributed by atoms with Gasteiger partial charge in [-0.1, -0.05) is 30.3 Å². The van der Waals surface area contributed by atoms with Crippen LogP contribution in [0.4, 0.5) is 10.5 Å². The van der Waals surface area contributed by atoms with Crippen molar-refractivity contribution in [2.75, 3.05) is 11.9 Å². The first kappa shape index (κ1) is 20.5. The molecule has 3 aromatic rings. The molecule has 0 bridgehead atoms. The highest BCUT2D eigenvalue weighted by Gasteiger charge is 2.28. The third-order valence-electron chi connectivity index (χ3n) is 4.88. The van der Waals surface area contributed by atoms with Gasteiger partial charge in [0.15, 0.2) is 5.82 Å². The number of tetrazole rings is 1. The normalized spacial score (nSPS) is 12.9. The van der Waals surface area contributed by atoms with Gasteiger partial charge in [-0.3, -0.25) is 4.79 Å². The van der Waals surface area contributed by atoms with Crippen LogP contribution in [0.5, 0.6) is 0 Å². The molecule has 0 spiro atoms. The summed E-state index contributed by atoms with van der Waals surface area (Å²) in [6, 6.07) is 17.3. The zero-order valence-corrected chi connectivity index (χ0v) is 17.0. The van der Waals surface area contributed by atoms with Crippen molar-refractivity contribution in [2.24, 2.45) is 0 Å². The van der Waals surface area contributed by atoms with Crippen LogP contribution >= 0.6 is 0 Å². The molecule has 4 rings (SSSR count). The lowest BCUT2D eigenvalue weighted by Crippen LogP contribution is -2.26. The Kier molecular flexibility index (Phi) is 6.51. The van der Waals surface area contributed by atoms with Gasteiger partial charge < -0.3 is 15.4 Å². The molecule has 0 saturated heterocycles. The number of nitrogens with zero attached hydrogens (tertiary/aromatic N) is 4. The van der Waals surface area contributed by atoms with E-state index in [-0.39, 0.29) is 12.5 Å². The van der Waals surface area contributed by atoms with E-state index in [1.54, 1.807) is 0 Å². The third-order valence-corrected chi connectivity index (χ3v) is 4.88. The minimum absolute atomic E-state index is 0.116. The van der Waals surface area contributed by atoms with E-state index < -0.39 is 6.09 Å². The number of alkyl carbamates (subject to hydrolysis) is 1. The maximum Gasteiger partial charge on any atom is 0.407 e. The maximum absolute atomic E-state index is 12.1. The molecule has 9 heteroatoms. The summed E-state index contributed by atoms with van der Waals surface area (Å²) in [4.78, 5) is 23.8. The van der Waals surface area contributed by atoms with Crippen molar-refractivity contribution in [2.45, 2.75) is 38.3 Å². The molecule has 0 atom stereocenters. The number of anilines is 1. The van der Waals surface area contributed by atoms with Crippen LogP contribution in [-0.4, -0.2) is 38.8 Å². The predicted molar refractivity (Wildman–Crippen MR) is 114 cm³/mol. The summed E-state index contributed by atoms with van der Waals surface area (Å²) < 4.78 is 6.99. The van der Waals surface area contributed by atoms with Gasteiger partial charge in [0.2, 0.25) is 5.91 Å². The molecular weight excluding hydrogens is 396 g/mol. The molecule has 160 valence electrons. The number of carbonyl (C=O) groups excluding carboxylic acids is 2. The van der Waals surface area contributed by atoms with Gasteiger partial charge in [0.05, 0.1) is 6.04 Å². The summed E-state index contributed by atoms with van der Waals surface area (Å²) in [7, 11) is 0. The summed E-state index contributed by atoms with van der Waals surface area (Å²) in [5.74, 6) is 0.626. The second-order valence-corrected chi connectivity index (χ2v) is 7.40. The fourth-order valence-electron chi connectivity index (χ4n) is 3.09. The van der Waals surface area contributed by atoms with Gasteiger partial charge in [0, 0.05) is 24.2 Å². The van der Waals surface area contributed by atoms with E-state index in [1.165, 1.54) is 0 Å². The fourth-order valence-corrected chi connectivity index (χ4v) is 3.09. The van der Waals surface area contributed by atoms with E-state index >= 15 is 0 Å². The molecule has 1 fully saturated rings. The van der Waals surface area contributed by atoms with E-state index in [4.69, 9.17) is 4.74 Å². The number of aromatic nitrogens is 4. The molecule has 0 unspecified atom stereocenters. The number of hydrogen-bond donors (Lipinski definition) is 2. The highest BCUT2D eigenvalue weighted by Crippen LogP contribution is 2.36. The van der Waals surface area contributed by atoms with E-state index in [1.807, 2.05) is 59.3 Å². The largest absolute Gasteiger partial charge is 0.445 e. The van der Waals surface area contributed by atoms with Crippen LogP contribution in [0.3, 0.4) is 0 Å². The number of rotatable bonds is 9. The highest BCUT2D eigenvalue weighted by atomic mass is 16.5. The van der Waals surface area contributed by atoms with Crippen molar-refractivity contribution in [3.05, 3.63) is 60.2 Å². The predicted octanol–water partition coefficient (Wildman–Crippen LogP) is 3.32. The molecule has 1 heterocycles. The standard InChI is InChI=1S/C22H24N6O3/c29-20(7-4-14-23-22(30)31-15-16-5-2-1-3-6-16)24-18-10-8-17(9-11-18)21-25-26-27-28(21)19-12-13-19/h1-3,5-6,8-11,19H,4,7,12-15H2,(H,23,30)(H,24,29). The van der Waals surface area contributed by atoms with Crippen LogP contribution in [0, 0.1) is 0 Å². The Bertz CT molecular complexity index is 1020. The van der Waals surface area contributed by atoms with Crippen LogP contribution in [-0.2, 0) is 16.1 Å². The van der Waals surface area contributed by atoms with Gasteiger partial charge in [-0.15, -0.1) is 5.10 Å². The molecule has 2 aromatic carbocycles. The Morgan fingerprint density at radius 3 is 2.58 bits per heavy atom. The second kappa shape index (κ2) is 9.84. The Labute approximate surface area is 179 Å². The zero-order valence-electron chi connectivity index (χ0n) is 17.0. The number of benzene rings is 2. The molecule has 9 nitrogen and oxygen atoms in total. The van der Waals surface area contributed by atoms with Crippen molar-refractivity contribution in [3.63, 3.8) is 0 Å². The van der Waals surface area contributed by atoms with E-state index in [2.05, 4.69) is 26.2 Å². The van der Waals surface area contributed by atoms with Crippen LogP contribution in [0.1, 0.15) is 37.3 Å². The zero-order chi connectivity index (χ0) is 21.5.